The fourth-order valence-electron chi connectivity index (χ4n) is 1.60. The van der Waals surface area contributed by atoms with E-state index in [1.54, 1.807) is 12.4 Å². The second kappa shape index (κ2) is 5.44. The summed E-state index contributed by atoms with van der Waals surface area (Å²) in [6.45, 7) is 0.0832. The first-order chi connectivity index (χ1) is 8.20. The maximum Gasteiger partial charge on any atom is 0.139 e. The van der Waals surface area contributed by atoms with Gasteiger partial charge in [0.15, 0.2) is 0 Å². The first kappa shape index (κ1) is 12.3. The summed E-state index contributed by atoms with van der Waals surface area (Å²) in [6.07, 6.45) is 2.70. The molecule has 0 amide bonds. The maximum absolute atomic E-state index is 9.44. The van der Waals surface area contributed by atoms with Gasteiger partial charge in [-0.1, -0.05) is 28.1 Å². The van der Waals surface area contributed by atoms with Crippen molar-refractivity contribution in [2.75, 3.05) is 6.61 Å². The van der Waals surface area contributed by atoms with Crippen LogP contribution < -0.4 is 0 Å². The monoisotopic (exact) mass is 296 g/mol. The van der Waals surface area contributed by atoms with Gasteiger partial charge in [-0.25, -0.2) is 4.98 Å². The highest BCUT2D eigenvalue weighted by molar-refractivity contribution is 9.10. The lowest BCUT2D eigenvalue weighted by atomic mass is 10.2. The molecule has 2 N–H and O–H groups in total. The zero-order valence-electron chi connectivity index (χ0n) is 9.12. The first-order valence-electron chi connectivity index (χ1n) is 5.26. The van der Waals surface area contributed by atoms with Crippen molar-refractivity contribution in [2.24, 2.45) is 0 Å². The Morgan fingerprint density at radius 3 is 2.65 bits per heavy atom. The summed E-state index contributed by atoms with van der Waals surface area (Å²) in [6, 6.07) is 7.79. The SMILES string of the molecule is OCC(O)Cn1ccnc1-c1ccc(Br)cc1. The lowest BCUT2D eigenvalue weighted by molar-refractivity contribution is 0.0816. The number of aromatic nitrogens is 2. The minimum Gasteiger partial charge on any atom is -0.394 e. The molecule has 0 saturated carbocycles. The molecule has 17 heavy (non-hydrogen) atoms. The summed E-state index contributed by atoms with van der Waals surface area (Å²) in [5.74, 6) is 0.782. The van der Waals surface area contributed by atoms with Gasteiger partial charge in [0.2, 0.25) is 0 Å². The third-order valence-electron chi connectivity index (χ3n) is 2.44. The Bertz CT molecular complexity index is 482. The van der Waals surface area contributed by atoms with Crippen molar-refractivity contribution in [3.63, 3.8) is 0 Å². The van der Waals surface area contributed by atoms with E-state index in [4.69, 9.17) is 5.11 Å². The fourth-order valence-corrected chi connectivity index (χ4v) is 1.86. The molecule has 1 aromatic carbocycles. The number of aliphatic hydroxyl groups is 2. The highest BCUT2D eigenvalue weighted by Gasteiger charge is 2.09. The quantitative estimate of drug-likeness (QED) is 0.902. The van der Waals surface area contributed by atoms with Crippen molar-refractivity contribution < 1.29 is 10.2 Å². The second-order valence-corrected chi connectivity index (χ2v) is 4.66. The third-order valence-corrected chi connectivity index (χ3v) is 2.96. The van der Waals surface area contributed by atoms with E-state index in [1.807, 2.05) is 28.8 Å². The van der Waals surface area contributed by atoms with Gasteiger partial charge in [-0.3, -0.25) is 0 Å². The van der Waals surface area contributed by atoms with Crippen LogP contribution in [0.2, 0.25) is 0 Å². The summed E-state index contributed by atoms with van der Waals surface area (Å²) in [4.78, 5) is 4.26. The van der Waals surface area contributed by atoms with Gasteiger partial charge in [-0.15, -0.1) is 0 Å². The van der Waals surface area contributed by atoms with Crippen molar-refractivity contribution in [1.29, 1.82) is 0 Å². The standard InChI is InChI=1S/C12H13BrN2O2/c13-10-3-1-9(2-4-10)12-14-5-6-15(12)7-11(17)8-16/h1-6,11,16-17H,7-8H2. The Hall–Kier alpha value is -1.17. The van der Waals surface area contributed by atoms with Crippen LogP contribution in [0.25, 0.3) is 11.4 Å². The lowest BCUT2D eigenvalue weighted by Gasteiger charge is -2.11. The van der Waals surface area contributed by atoms with E-state index in [0.29, 0.717) is 6.54 Å². The van der Waals surface area contributed by atoms with E-state index in [1.165, 1.54) is 0 Å². The van der Waals surface area contributed by atoms with Crippen molar-refractivity contribution in [3.05, 3.63) is 41.1 Å². The minimum atomic E-state index is -0.765. The highest BCUT2D eigenvalue weighted by Crippen LogP contribution is 2.20. The van der Waals surface area contributed by atoms with Crippen LogP contribution in [0.4, 0.5) is 0 Å². The summed E-state index contributed by atoms with van der Waals surface area (Å²) in [7, 11) is 0. The summed E-state index contributed by atoms with van der Waals surface area (Å²) < 4.78 is 2.83. The fraction of sp³-hybridized carbons (Fsp3) is 0.250. The van der Waals surface area contributed by atoms with E-state index >= 15 is 0 Å². The number of imidazole rings is 1. The maximum atomic E-state index is 9.44. The highest BCUT2D eigenvalue weighted by atomic mass is 79.9. The molecular formula is C12H13BrN2O2. The van der Waals surface area contributed by atoms with E-state index in [0.717, 1.165) is 15.9 Å². The Morgan fingerprint density at radius 2 is 2.00 bits per heavy atom. The minimum absolute atomic E-state index is 0.252. The molecule has 0 saturated heterocycles. The average Bonchev–Trinajstić information content (AvgIpc) is 2.78. The molecule has 5 heteroatoms. The number of benzene rings is 1. The van der Waals surface area contributed by atoms with E-state index < -0.39 is 6.10 Å². The molecule has 0 fully saturated rings. The zero-order chi connectivity index (χ0) is 12.3. The van der Waals surface area contributed by atoms with Gasteiger partial charge in [0.25, 0.3) is 0 Å². The number of rotatable bonds is 4. The zero-order valence-corrected chi connectivity index (χ0v) is 10.7. The topological polar surface area (TPSA) is 58.3 Å². The molecule has 1 heterocycles. The Morgan fingerprint density at radius 1 is 1.29 bits per heavy atom. The van der Waals surface area contributed by atoms with E-state index in [2.05, 4.69) is 20.9 Å². The van der Waals surface area contributed by atoms with Crippen molar-refractivity contribution in [2.45, 2.75) is 12.6 Å². The van der Waals surface area contributed by atoms with Crippen LogP contribution in [0.1, 0.15) is 0 Å². The molecule has 2 rings (SSSR count). The van der Waals surface area contributed by atoms with Crippen LogP contribution >= 0.6 is 15.9 Å². The van der Waals surface area contributed by atoms with Gasteiger partial charge in [0.05, 0.1) is 19.3 Å². The first-order valence-corrected chi connectivity index (χ1v) is 6.06. The molecule has 0 spiro atoms. The largest absolute Gasteiger partial charge is 0.394 e. The third kappa shape index (κ3) is 2.94. The predicted octanol–water partition coefficient (Wildman–Crippen LogP) is 1.67. The molecule has 0 aliphatic rings. The molecule has 1 atom stereocenters. The van der Waals surface area contributed by atoms with Crippen LogP contribution in [-0.2, 0) is 6.54 Å². The number of hydrogen-bond acceptors (Lipinski definition) is 3. The van der Waals surface area contributed by atoms with Gasteiger partial charge in [-0.2, -0.15) is 0 Å². The Balaban J connectivity index is 2.27. The lowest BCUT2D eigenvalue weighted by Crippen LogP contribution is -2.19. The molecule has 1 unspecified atom stereocenters. The summed E-state index contributed by atoms with van der Waals surface area (Å²) in [5.41, 5.74) is 0.975. The normalized spacial score (nSPS) is 12.6. The Labute approximate surface area is 108 Å². The summed E-state index contributed by atoms with van der Waals surface area (Å²) in [5, 5.41) is 18.3. The van der Waals surface area contributed by atoms with Gasteiger partial charge >= 0.3 is 0 Å². The van der Waals surface area contributed by atoms with Crippen LogP contribution in [0.15, 0.2) is 41.1 Å². The van der Waals surface area contributed by atoms with Gasteiger partial charge < -0.3 is 14.8 Å². The molecule has 0 aliphatic heterocycles. The molecule has 0 radical (unpaired) electrons. The second-order valence-electron chi connectivity index (χ2n) is 3.75. The van der Waals surface area contributed by atoms with Crippen LogP contribution in [0.5, 0.6) is 0 Å². The molecular weight excluding hydrogens is 284 g/mol. The molecule has 0 aliphatic carbocycles. The predicted molar refractivity (Wildman–Crippen MR) is 68.5 cm³/mol. The molecule has 90 valence electrons. The van der Waals surface area contributed by atoms with Crippen molar-refractivity contribution in [1.82, 2.24) is 9.55 Å². The molecule has 2 aromatic rings. The van der Waals surface area contributed by atoms with Gasteiger partial charge in [0, 0.05) is 22.4 Å². The van der Waals surface area contributed by atoms with Crippen molar-refractivity contribution >= 4 is 15.9 Å². The van der Waals surface area contributed by atoms with Crippen molar-refractivity contribution in [3.8, 4) is 11.4 Å². The van der Waals surface area contributed by atoms with E-state index in [9.17, 15) is 5.11 Å². The molecule has 1 aromatic heterocycles. The van der Waals surface area contributed by atoms with Crippen LogP contribution in [-0.4, -0.2) is 32.5 Å². The molecule has 0 bridgehead atoms. The smallest absolute Gasteiger partial charge is 0.139 e. The number of halogens is 1. The summed E-state index contributed by atoms with van der Waals surface area (Å²) >= 11 is 3.38. The Kier molecular flexibility index (Phi) is 3.93. The van der Waals surface area contributed by atoms with Gasteiger partial charge in [0.1, 0.15) is 5.82 Å². The van der Waals surface area contributed by atoms with Crippen LogP contribution in [0.3, 0.4) is 0 Å². The number of aliphatic hydroxyl groups excluding tert-OH is 2. The molecule has 4 nitrogen and oxygen atoms in total. The van der Waals surface area contributed by atoms with Crippen LogP contribution in [0, 0.1) is 0 Å². The average molecular weight is 297 g/mol. The van der Waals surface area contributed by atoms with Gasteiger partial charge in [-0.05, 0) is 12.1 Å². The van der Waals surface area contributed by atoms with E-state index in [-0.39, 0.29) is 6.61 Å². The number of hydrogen-bond donors (Lipinski definition) is 2. The number of nitrogens with zero attached hydrogens (tertiary/aromatic N) is 2.